The largest absolute Gasteiger partial charge is 0.497 e. The maximum Gasteiger partial charge on any atom is 0.164 e. The number of benzene rings is 2. The molecule has 0 unspecified atom stereocenters. The number of hydrogen-bond donors (Lipinski definition) is 0. The molecule has 2 aromatic carbocycles. The Morgan fingerprint density at radius 1 is 1.17 bits per heavy atom. The molecule has 154 valence electrons. The smallest absolute Gasteiger partial charge is 0.164 e. The van der Waals surface area contributed by atoms with Crippen molar-refractivity contribution in [1.29, 1.82) is 0 Å². The standard InChI is InChI=1S/C20H21ClN2O4S2/c1-26-15-6-7-19(27-2)17(9-15)23-18-12-29(24,25)11-16(18)22-20(23)28-10-13-4-3-5-14(21)8-13/h3-9,16,18H,10-12H2,1-2H3/t16-,18+/m0/s1. The summed E-state index contributed by atoms with van der Waals surface area (Å²) in [5.41, 5.74) is 1.83. The molecule has 2 aliphatic heterocycles. The van der Waals surface area contributed by atoms with E-state index < -0.39 is 9.84 Å². The molecule has 2 aromatic rings. The van der Waals surface area contributed by atoms with Crippen LogP contribution in [-0.4, -0.2) is 51.4 Å². The van der Waals surface area contributed by atoms with Gasteiger partial charge in [-0.15, -0.1) is 0 Å². The quantitative estimate of drug-likeness (QED) is 0.690. The first kappa shape index (κ1) is 20.4. The van der Waals surface area contributed by atoms with Crippen LogP contribution in [0.15, 0.2) is 47.5 Å². The monoisotopic (exact) mass is 452 g/mol. The van der Waals surface area contributed by atoms with Gasteiger partial charge in [-0.1, -0.05) is 35.5 Å². The molecule has 0 spiro atoms. The van der Waals surface area contributed by atoms with Crippen LogP contribution < -0.4 is 14.4 Å². The average Bonchev–Trinajstić information content (AvgIpc) is 3.16. The van der Waals surface area contributed by atoms with Crippen LogP contribution in [0, 0.1) is 0 Å². The average molecular weight is 453 g/mol. The summed E-state index contributed by atoms with van der Waals surface area (Å²) in [4.78, 5) is 6.76. The second kappa shape index (κ2) is 8.08. The highest BCUT2D eigenvalue weighted by Gasteiger charge is 2.47. The Morgan fingerprint density at radius 2 is 2.00 bits per heavy atom. The molecule has 29 heavy (non-hydrogen) atoms. The summed E-state index contributed by atoms with van der Waals surface area (Å²) >= 11 is 7.66. The van der Waals surface area contributed by atoms with Crippen LogP contribution in [0.1, 0.15) is 5.56 Å². The zero-order valence-corrected chi connectivity index (χ0v) is 18.4. The van der Waals surface area contributed by atoms with Gasteiger partial charge in [0.1, 0.15) is 11.5 Å². The predicted octanol–water partition coefficient (Wildman–Crippen LogP) is 3.63. The van der Waals surface area contributed by atoms with Crippen molar-refractivity contribution in [3.8, 4) is 11.5 Å². The maximum atomic E-state index is 12.2. The Morgan fingerprint density at radius 3 is 2.72 bits per heavy atom. The normalized spacial score (nSPS) is 22.3. The van der Waals surface area contributed by atoms with Crippen molar-refractivity contribution in [2.45, 2.75) is 17.8 Å². The summed E-state index contributed by atoms with van der Waals surface area (Å²) < 4.78 is 35.4. The molecule has 2 heterocycles. The molecule has 0 aliphatic carbocycles. The van der Waals surface area contributed by atoms with Crippen LogP contribution >= 0.6 is 23.4 Å². The lowest BCUT2D eigenvalue weighted by molar-refractivity contribution is 0.403. The van der Waals surface area contributed by atoms with Crippen molar-refractivity contribution in [2.24, 2.45) is 4.99 Å². The third-order valence-electron chi connectivity index (χ3n) is 5.01. The van der Waals surface area contributed by atoms with Gasteiger partial charge in [0.2, 0.25) is 0 Å². The SMILES string of the molecule is COc1ccc(OC)c(N2C(SCc3cccc(Cl)c3)=N[C@H]3CS(=O)(=O)C[C@H]32)c1. The number of hydrogen-bond acceptors (Lipinski definition) is 7. The topological polar surface area (TPSA) is 68.2 Å². The lowest BCUT2D eigenvalue weighted by atomic mass is 10.1. The van der Waals surface area contributed by atoms with Gasteiger partial charge in [-0.25, -0.2) is 8.42 Å². The van der Waals surface area contributed by atoms with E-state index in [-0.39, 0.29) is 23.6 Å². The fourth-order valence-electron chi connectivity index (χ4n) is 3.67. The third-order valence-corrected chi connectivity index (χ3v) is 7.98. The number of ether oxygens (including phenoxy) is 2. The van der Waals surface area contributed by atoms with Crippen LogP contribution in [0.5, 0.6) is 11.5 Å². The first-order valence-electron chi connectivity index (χ1n) is 9.07. The molecule has 0 aromatic heterocycles. The molecular formula is C20H21ClN2O4S2. The molecule has 0 N–H and O–H groups in total. The second-order valence-corrected chi connectivity index (χ2v) is 10.5. The predicted molar refractivity (Wildman–Crippen MR) is 118 cm³/mol. The van der Waals surface area contributed by atoms with Gasteiger partial charge in [-0.3, -0.25) is 4.99 Å². The molecular weight excluding hydrogens is 432 g/mol. The Labute approximate surface area is 179 Å². The molecule has 0 saturated carbocycles. The van der Waals surface area contributed by atoms with E-state index in [0.29, 0.717) is 22.3 Å². The molecule has 0 radical (unpaired) electrons. The van der Waals surface area contributed by atoms with Crippen molar-refractivity contribution in [3.05, 3.63) is 53.1 Å². The number of halogens is 1. The minimum Gasteiger partial charge on any atom is -0.497 e. The molecule has 4 rings (SSSR count). The minimum atomic E-state index is -3.13. The maximum absolute atomic E-state index is 12.2. The number of fused-ring (bicyclic) bond motifs is 1. The zero-order chi connectivity index (χ0) is 20.6. The van der Waals surface area contributed by atoms with Gasteiger partial charge in [0.25, 0.3) is 0 Å². The first-order chi connectivity index (χ1) is 13.9. The molecule has 1 fully saturated rings. The fourth-order valence-corrected chi connectivity index (χ4v) is 6.79. The highest BCUT2D eigenvalue weighted by atomic mass is 35.5. The molecule has 0 bridgehead atoms. The van der Waals surface area contributed by atoms with E-state index in [1.54, 1.807) is 26.0 Å². The first-order valence-corrected chi connectivity index (χ1v) is 12.3. The van der Waals surface area contributed by atoms with E-state index in [9.17, 15) is 8.42 Å². The molecule has 2 aliphatic rings. The number of nitrogens with zero attached hydrogens (tertiary/aromatic N) is 2. The van der Waals surface area contributed by atoms with Crippen molar-refractivity contribution in [2.75, 3.05) is 30.6 Å². The molecule has 0 amide bonds. The van der Waals surface area contributed by atoms with Crippen LogP contribution in [0.25, 0.3) is 0 Å². The van der Waals surface area contributed by atoms with Gasteiger partial charge in [0, 0.05) is 16.8 Å². The van der Waals surface area contributed by atoms with Crippen molar-refractivity contribution in [3.63, 3.8) is 0 Å². The summed E-state index contributed by atoms with van der Waals surface area (Å²) in [6.07, 6.45) is 0. The van der Waals surface area contributed by atoms with E-state index in [1.807, 2.05) is 47.4 Å². The van der Waals surface area contributed by atoms with Crippen molar-refractivity contribution in [1.82, 2.24) is 0 Å². The van der Waals surface area contributed by atoms with Gasteiger partial charge in [0.05, 0.1) is 43.5 Å². The van der Waals surface area contributed by atoms with Crippen LogP contribution in [0.4, 0.5) is 5.69 Å². The highest BCUT2D eigenvalue weighted by molar-refractivity contribution is 8.13. The number of anilines is 1. The van der Waals surface area contributed by atoms with E-state index in [2.05, 4.69) is 0 Å². The zero-order valence-electron chi connectivity index (χ0n) is 16.0. The number of sulfone groups is 1. The highest BCUT2D eigenvalue weighted by Crippen LogP contribution is 2.41. The summed E-state index contributed by atoms with van der Waals surface area (Å²) in [5, 5.41) is 1.46. The Balaban J connectivity index is 1.69. The van der Waals surface area contributed by atoms with Gasteiger partial charge in [-0.05, 0) is 29.8 Å². The minimum absolute atomic E-state index is 0.0711. The van der Waals surface area contributed by atoms with Crippen LogP contribution in [-0.2, 0) is 15.6 Å². The van der Waals surface area contributed by atoms with Gasteiger partial charge >= 0.3 is 0 Å². The van der Waals surface area contributed by atoms with Crippen LogP contribution in [0.2, 0.25) is 5.02 Å². The van der Waals surface area contributed by atoms with Crippen molar-refractivity contribution >= 4 is 44.1 Å². The van der Waals surface area contributed by atoms with Crippen LogP contribution in [0.3, 0.4) is 0 Å². The molecule has 6 nitrogen and oxygen atoms in total. The van der Waals surface area contributed by atoms with Gasteiger partial charge < -0.3 is 14.4 Å². The Kier molecular flexibility index (Phi) is 5.68. The summed E-state index contributed by atoms with van der Waals surface area (Å²) in [6, 6.07) is 12.7. The van der Waals surface area contributed by atoms with E-state index in [1.165, 1.54) is 0 Å². The van der Waals surface area contributed by atoms with E-state index in [0.717, 1.165) is 16.4 Å². The number of thioether (sulfide) groups is 1. The molecule has 9 heteroatoms. The lowest BCUT2D eigenvalue weighted by Crippen LogP contribution is -2.39. The van der Waals surface area contributed by atoms with Gasteiger partial charge in [0.15, 0.2) is 15.0 Å². The number of methoxy groups -OCH3 is 2. The van der Waals surface area contributed by atoms with Crippen molar-refractivity contribution < 1.29 is 17.9 Å². The Hall–Kier alpha value is -1.90. The Bertz CT molecular complexity index is 1060. The lowest BCUT2D eigenvalue weighted by Gasteiger charge is -2.28. The fraction of sp³-hybridized carbons (Fsp3) is 0.350. The van der Waals surface area contributed by atoms with E-state index in [4.69, 9.17) is 26.1 Å². The third kappa shape index (κ3) is 4.20. The summed E-state index contributed by atoms with van der Waals surface area (Å²) in [6.45, 7) is 0. The number of amidine groups is 1. The summed E-state index contributed by atoms with van der Waals surface area (Å²) in [7, 11) is 0.0706. The summed E-state index contributed by atoms with van der Waals surface area (Å²) in [5.74, 6) is 2.13. The van der Waals surface area contributed by atoms with Gasteiger partial charge in [-0.2, -0.15) is 0 Å². The number of aliphatic imine (C=N–C) groups is 1. The molecule has 1 saturated heterocycles. The second-order valence-electron chi connectivity index (χ2n) is 6.95. The molecule has 2 atom stereocenters. The number of rotatable bonds is 5. The van der Waals surface area contributed by atoms with E-state index >= 15 is 0 Å².